The van der Waals surface area contributed by atoms with Gasteiger partial charge in [0.05, 0.1) is 18.8 Å². The van der Waals surface area contributed by atoms with Gasteiger partial charge in [-0.25, -0.2) is 0 Å². The molecule has 0 radical (unpaired) electrons. The molecule has 0 rings (SSSR count). The third-order valence-electron chi connectivity index (χ3n) is 7.54. The molecule has 0 aliphatic heterocycles. The lowest BCUT2D eigenvalue weighted by molar-refractivity contribution is -0.124. The number of aliphatic hydroxyl groups excluding tert-OH is 3. The topological polar surface area (TPSA) is 89.8 Å². The van der Waals surface area contributed by atoms with Crippen molar-refractivity contribution >= 4 is 5.91 Å². The van der Waals surface area contributed by atoms with Crippen molar-refractivity contribution < 1.29 is 20.1 Å². The SMILES string of the molecule is CCCCCCC/C=C/CC/C=C/CCCC(O)C(O)C(CO)NC(=O)CCCCCCCCCCCCC. The Morgan fingerprint density at radius 2 is 1.05 bits per heavy atom. The number of rotatable bonds is 29. The van der Waals surface area contributed by atoms with Crippen LogP contribution in [0.25, 0.3) is 0 Å². The van der Waals surface area contributed by atoms with Gasteiger partial charge in [0.1, 0.15) is 6.10 Å². The monoisotopic (exact) mass is 551 g/mol. The Morgan fingerprint density at radius 1 is 0.615 bits per heavy atom. The third-order valence-corrected chi connectivity index (χ3v) is 7.54. The fraction of sp³-hybridized carbons (Fsp3) is 0.853. The maximum atomic E-state index is 12.3. The Balaban J connectivity index is 3.82. The second-order valence-corrected chi connectivity index (χ2v) is 11.4. The van der Waals surface area contributed by atoms with Crippen LogP contribution in [-0.2, 0) is 4.79 Å². The lowest BCUT2D eigenvalue weighted by Crippen LogP contribution is -2.50. The van der Waals surface area contributed by atoms with Crippen molar-refractivity contribution in [2.24, 2.45) is 0 Å². The van der Waals surface area contributed by atoms with Crippen molar-refractivity contribution in [2.45, 2.75) is 180 Å². The highest BCUT2D eigenvalue weighted by molar-refractivity contribution is 5.76. The fourth-order valence-electron chi connectivity index (χ4n) is 4.88. The predicted octanol–water partition coefficient (Wildman–Crippen LogP) is 8.31. The first-order valence-electron chi connectivity index (χ1n) is 16.6. The number of carbonyl (C=O) groups excluding carboxylic acids is 1. The fourth-order valence-corrected chi connectivity index (χ4v) is 4.88. The minimum atomic E-state index is -1.16. The second-order valence-electron chi connectivity index (χ2n) is 11.4. The number of hydrogen-bond acceptors (Lipinski definition) is 4. The largest absolute Gasteiger partial charge is 0.394 e. The summed E-state index contributed by atoms with van der Waals surface area (Å²) in [6.45, 7) is 4.11. The minimum Gasteiger partial charge on any atom is -0.394 e. The predicted molar refractivity (Wildman–Crippen MR) is 167 cm³/mol. The first-order valence-corrected chi connectivity index (χ1v) is 16.6. The van der Waals surface area contributed by atoms with Crippen LogP contribution < -0.4 is 5.32 Å². The molecule has 3 atom stereocenters. The molecule has 0 aromatic heterocycles. The standard InChI is InChI=1S/C34H65NO4/c1-3-5-7-9-11-13-15-16-17-19-20-22-24-26-28-32(37)34(39)31(30-36)35-33(38)29-27-25-23-21-18-14-12-10-8-6-4-2/h15-16,20,22,31-32,34,36-37,39H,3-14,17-19,21,23-30H2,1-2H3,(H,35,38)/b16-15+,22-20+. The molecule has 4 N–H and O–H groups in total. The number of carbonyl (C=O) groups is 1. The Labute approximate surface area is 241 Å². The van der Waals surface area contributed by atoms with Gasteiger partial charge in [-0.15, -0.1) is 0 Å². The van der Waals surface area contributed by atoms with Crippen LogP contribution in [0.5, 0.6) is 0 Å². The van der Waals surface area contributed by atoms with E-state index >= 15 is 0 Å². The van der Waals surface area contributed by atoms with Crippen molar-refractivity contribution in [3.8, 4) is 0 Å². The first kappa shape index (κ1) is 37.8. The van der Waals surface area contributed by atoms with Crippen LogP contribution in [-0.4, -0.2) is 46.1 Å². The molecule has 0 aliphatic carbocycles. The first-order chi connectivity index (χ1) is 19.1. The summed E-state index contributed by atoms with van der Waals surface area (Å²) < 4.78 is 0. The summed E-state index contributed by atoms with van der Waals surface area (Å²) in [7, 11) is 0. The van der Waals surface area contributed by atoms with Crippen molar-refractivity contribution in [1.82, 2.24) is 5.32 Å². The van der Waals surface area contributed by atoms with E-state index in [2.05, 4.69) is 43.5 Å². The van der Waals surface area contributed by atoms with E-state index < -0.39 is 18.2 Å². The quantitative estimate of drug-likeness (QED) is 0.0556. The highest BCUT2D eigenvalue weighted by atomic mass is 16.3. The molecule has 39 heavy (non-hydrogen) atoms. The molecule has 0 fully saturated rings. The molecule has 0 heterocycles. The van der Waals surface area contributed by atoms with E-state index in [1.807, 2.05) is 0 Å². The Morgan fingerprint density at radius 3 is 1.56 bits per heavy atom. The summed E-state index contributed by atoms with van der Waals surface area (Å²) in [5.74, 6) is -0.162. The van der Waals surface area contributed by atoms with Gasteiger partial charge in [0, 0.05) is 6.42 Å². The van der Waals surface area contributed by atoms with Gasteiger partial charge < -0.3 is 20.6 Å². The molecule has 3 unspecified atom stereocenters. The second kappa shape index (κ2) is 29.8. The molecular formula is C34H65NO4. The van der Waals surface area contributed by atoms with E-state index in [0.29, 0.717) is 12.8 Å². The Bertz CT molecular complexity index is 578. The zero-order valence-corrected chi connectivity index (χ0v) is 25.8. The molecule has 0 saturated carbocycles. The van der Waals surface area contributed by atoms with E-state index in [4.69, 9.17) is 0 Å². The van der Waals surface area contributed by atoms with Gasteiger partial charge in [0.2, 0.25) is 5.91 Å². The van der Waals surface area contributed by atoms with Crippen LogP contribution in [0.4, 0.5) is 0 Å². The molecule has 5 nitrogen and oxygen atoms in total. The van der Waals surface area contributed by atoms with Crippen LogP contribution in [0.1, 0.15) is 162 Å². The molecule has 0 aromatic rings. The number of allylic oxidation sites excluding steroid dienone is 4. The molecule has 0 saturated heterocycles. The summed E-state index contributed by atoms with van der Waals surface area (Å²) in [6, 6.07) is -0.825. The Kier molecular flexibility index (Phi) is 28.9. The molecule has 0 spiro atoms. The Hall–Kier alpha value is -1.17. The van der Waals surface area contributed by atoms with Crippen LogP contribution in [0.15, 0.2) is 24.3 Å². The van der Waals surface area contributed by atoms with Crippen LogP contribution in [0.3, 0.4) is 0 Å². The van der Waals surface area contributed by atoms with Crippen molar-refractivity contribution in [1.29, 1.82) is 0 Å². The summed E-state index contributed by atoms with van der Waals surface area (Å²) >= 11 is 0. The van der Waals surface area contributed by atoms with Gasteiger partial charge in [-0.05, 0) is 51.4 Å². The summed E-state index contributed by atoms with van der Waals surface area (Å²) in [5.41, 5.74) is 0. The van der Waals surface area contributed by atoms with Crippen molar-refractivity contribution in [2.75, 3.05) is 6.61 Å². The van der Waals surface area contributed by atoms with Crippen LogP contribution in [0, 0.1) is 0 Å². The maximum Gasteiger partial charge on any atom is 0.220 e. The van der Waals surface area contributed by atoms with Crippen LogP contribution >= 0.6 is 0 Å². The van der Waals surface area contributed by atoms with Gasteiger partial charge >= 0.3 is 0 Å². The molecule has 0 aromatic carbocycles. The van der Waals surface area contributed by atoms with E-state index in [9.17, 15) is 20.1 Å². The van der Waals surface area contributed by atoms with Gasteiger partial charge in [0.25, 0.3) is 0 Å². The number of aliphatic hydroxyl groups is 3. The van der Waals surface area contributed by atoms with E-state index in [1.165, 1.54) is 89.9 Å². The highest BCUT2D eigenvalue weighted by Gasteiger charge is 2.26. The van der Waals surface area contributed by atoms with Gasteiger partial charge in [-0.2, -0.15) is 0 Å². The van der Waals surface area contributed by atoms with Gasteiger partial charge in [-0.3, -0.25) is 4.79 Å². The number of hydrogen-bond donors (Lipinski definition) is 4. The van der Waals surface area contributed by atoms with Crippen LogP contribution in [0.2, 0.25) is 0 Å². The van der Waals surface area contributed by atoms with Crippen molar-refractivity contribution in [3.05, 3.63) is 24.3 Å². The molecule has 5 heteroatoms. The number of unbranched alkanes of at least 4 members (excludes halogenated alkanes) is 17. The zero-order chi connectivity index (χ0) is 28.8. The summed E-state index contributed by atoms with van der Waals surface area (Å²) in [4.78, 5) is 12.3. The normalized spacial score (nSPS) is 14.3. The lowest BCUT2D eigenvalue weighted by Gasteiger charge is -2.26. The van der Waals surface area contributed by atoms with Gasteiger partial charge in [0.15, 0.2) is 0 Å². The third kappa shape index (κ3) is 25.5. The average molecular weight is 552 g/mol. The smallest absolute Gasteiger partial charge is 0.220 e. The number of amides is 1. The number of nitrogens with one attached hydrogen (secondary N) is 1. The van der Waals surface area contributed by atoms with E-state index in [0.717, 1.165) is 44.9 Å². The summed E-state index contributed by atoms with van der Waals surface area (Å²) in [6.07, 6.45) is 32.6. The average Bonchev–Trinajstić information content (AvgIpc) is 2.94. The van der Waals surface area contributed by atoms with E-state index in [-0.39, 0.29) is 12.5 Å². The molecule has 1 amide bonds. The zero-order valence-electron chi connectivity index (χ0n) is 25.8. The molecule has 230 valence electrons. The molecule has 0 bridgehead atoms. The maximum absolute atomic E-state index is 12.3. The molecule has 0 aliphatic rings. The van der Waals surface area contributed by atoms with E-state index in [1.54, 1.807) is 0 Å². The minimum absolute atomic E-state index is 0.162. The highest BCUT2D eigenvalue weighted by Crippen LogP contribution is 2.13. The van der Waals surface area contributed by atoms with Gasteiger partial charge in [-0.1, -0.05) is 128 Å². The van der Waals surface area contributed by atoms with Crippen molar-refractivity contribution in [3.63, 3.8) is 0 Å². The summed E-state index contributed by atoms with van der Waals surface area (Å²) in [5, 5.41) is 33.2. The molecular weight excluding hydrogens is 486 g/mol. The lowest BCUT2D eigenvalue weighted by atomic mass is 10.0.